The molecule has 6 heteroatoms. The topological polar surface area (TPSA) is 64.5 Å². The second kappa shape index (κ2) is 6.28. The number of aliphatic carboxylic acids is 1. The second-order valence-electron chi connectivity index (χ2n) is 4.75. The van der Waals surface area contributed by atoms with Crippen LogP contribution in [0.1, 0.15) is 34.6 Å². The Morgan fingerprint density at radius 2 is 1.94 bits per heavy atom. The third-order valence-corrected chi connectivity index (χ3v) is 3.90. The second-order valence-corrected chi connectivity index (χ2v) is 5.16. The number of rotatable bonds is 3. The van der Waals surface area contributed by atoms with Crippen LogP contribution >= 0.6 is 12.2 Å². The summed E-state index contributed by atoms with van der Waals surface area (Å²) in [5, 5.41) is 13.8. The fraction of sp³-hybridized carbons (Fsp3) is 0.583. The molecule has 4 nitrogen and oxygen atoms in total. The van der Waals surface area contributed by atoms with Crippen molar-refractivity contribution in [3.8, 4) is 0 Å². The summed E-state index contributed by atoms with van der Waals surface area (Å²) in [5.74, 6) is -0.403. The van der Waals surface area contributed by atoms with Gasteiger partial charge in [-0.15, -0.1) is 0 Å². The molecule has 0 aromatic rings. The summed E-state index contributed by atoms with van der Waals surface area (Å²) in [6.07, 6.45) is 0. The van der Waals surface area contributed by atoms with Crippen LogP contribution in [-0.2, 0) is 4.79 Å². The van der Waals surface area contributed by atoms with Crippen molar-refractivity contribution < 1.29 is 39.5 Å². The standard InChI is InChI=1S/C12H18N2O2S.Na/c1-6(2)12(5)11(17)13-9(14-12)7(3)8(4)10(15)16;/h6H,1-5H3,(H,15,16)(H,13,14,17);/q;+1/p-1/b8-7-;. The number of hydrogen-bond acceptors (Lipinski definition) is 4. The summed E-state index contributed by atoms with van der Waals surface area (Å²) in [7, 11) is 0. The Kier molecular flexibility index (Phi) is 6.20. The van der Waals surface area contributed by atoms with E-state index in [1.165, 1.54) is 6.92 Å². The molecule has 0 aliphatic carbocycles. The van der Waals surface area contributed by atoms with Crippen molar-refractivity contribution in [2.45, 2.75) is 40.2 Å². The number of thiocarbonyl (C=S) groups is 1. The van der Waals surface area contributed by atoms with Gasteiger partial charge in [-0.3, -0.25) is 4.99 Å². The minimum atomic E-state index is -1.18. The van der Waals surface area contributed by atoms with E-state index in [2.05, 4.69) is 10.3 Å². The Morgan fingerprint density at radius 3 is 2.28 bits per heavy atom. The molecule has 1 rings (SSSR count). The summed E-state index contributed by atoms with van der Waals surface area (Å²) >= 11 is 5.27. The maximum absolute atomic E-state index is 10.8. The van der Waals surface area contributed by atoms with Crippen LogP contribution in [0, 0.1) is 5.92 Å². The van der Waals surface area contributed by atoms with Crippen molar-refractivity contribution >= 4 is 29.0 Å². The molecule has 0 bridgehead atoms. The summed E-state index contributed by atoms with van der Waals surface area (Å²) < 4.78 is 0. The van der Waals surface area contributed by atoms with Gasteiger partial charge in [-0.05, 0) is 37.8 Å². The molecule has 1 aliphatic rings. The Balaban J connectivity index is 0.00000289. The maximum Gasteiger partial charge on any atom is 1.00 e. The molecule has 0 amide bonds. The molecular weight excluding hydrogens is 259 g/mol. The van der Waals surface area contributed by atoms with E-state index in [0.717, 1.165) is 0 Å². The van der Waals surface area contributed by atoms with E-state index < -0.39 is 11.5 Å². The number of nitrogens with zero attached hydrogens (tertiary/aromatic N) is 1. The third kappa shape index (κ3) is 3.20. The molecule has 0 aromatic heterocycles. The van der Waals surface area contributed by atoms with Gasteiger partial charge in [0.25, 0.3) is 0 Å². The first-order chi connectivity index (χ1) is 7.70. The summed E-state index contributed by atoms with van der Waals surface area (Å²) in [6.45, 7) is 9.21. The van der Waals surface area contributed by atoms with Crippen LogP contribution in [-0.4, -0.2) is 22.3 Å². The van der Waals surface area contributed by atoms with Crippen molar-refractivity contribution in [3.63, 3.8) is 0 Å². The zero-order valence-corrected chi connectivity index (χ0v) is 14.6. The van der Waals surface area contributed by atoms with Gasteiger partial charge in [0.05, 0.1) is 5.97 Å². The first-order valence-electron chi connectivity index (χ1n) is 5.50. The molecule has 1 unspecified atom stereocenters. The average molecular weight is 276 g/mol. The number of nitrogens with one attached hydrogen (secondary N) is 1. The molecule has 0 aromatic carbocycles. The minimum absolute atomic E-state index is 0. The molecule has 1 heterocycles. The number of amidine groups is 1. The van der Waals surface area contributed by atoms with E-state index in [-0.39, 0.29) is 41.0 Å². The normalized spacial score (nSPS) is 24.1. The molecule has 0 fully saturated rings. The van der Waals surface area contributed by atoms with Gasteiger partial charge in [0.15, 0.2) is 0 Å². The minimum Gasteiger partial charge on any atom is -0.545 e. The third-order valence-electron chi connectivity index (χ3n) is 3.38. The number of hydrogen-bond donors (Lipinski definition) is 1. The van der Waals surface area contributed by atoms with Crippen LogP contribution in [0.15, 0.2) is 16.1 Å². The molecular formula is C12H17N2NaO2S. The molecule has 1 atom stereocenters. The van der Waals surface area contributed by atoms with Crippen molar-refractivity contribution in [3.05, 3.63) is 11.1 Å². The number of carboxylic acids is 1. The van der Waals surface area contributed by atoms with Gasteiger partial charge in [-0.25, -0.2) is 0 Å². The van der Waals surface area contributed by atoms with Gasteiger partial charge in [-0.1, -0.05) is 26.1 Å². The van der Waals surface area contributed by atoms with E-state index in [0.29, 0.717) is 16.4 Å². The van der Waals surface area contributed by atoms with Crippen LogP contribution in [0.5, 0.6) is 0 Å². The first-order valence-corrected chi connectivity index (χ1v) is 5.91. The van der Waals surface area contributed by atoms with Crippen LogP contribution in [0.3, 0.4) is 0 Å². The van der Waals surface area contributed by atoms with E-state index in [1.807, 2.05) is 20.8 Å². The van der Waals surface area contributed by atoms with Crippen LogP contribution in [0.2, 0.25) is 0 Å². The van der Waals surface area contributed by atoms with Crippen molar-refractivity contribution in [1.82, 2.24) is 5.32 Å². The fourth-order valence-corrected chi connectivity index (χ4v) is 1.82. The van der Waals surface area contributed by atoms with E-state index in [9.17, 15) is 9.90 Å². The van der Waals surface area contributed by atoms with Gasteiger partial charge in [-0.2, -0.15) is 0 Å². The monoisotopic (exact) mass is 276 g/mol. The van der Waals surface area contributed by atoms with Gasteiger partial charge in [0.2, 0.25) is 0 Å². The van der Waals surface area contributed by atoms with Gasteiger partial charge in [0, 0.05) is 0 Å². The quantitative estimate of drug-likeness (QED) is 0.362. The average Bonchev–Trinajstić information content (AvgIpc) is 2.54. The zero-order chi connectivity index (χ0) is 13.4. The smallest absolute Gasteiger partial charge is 0.545 e. The zero-order valence-electron chi connectivity index (χ0n) is 11.7. The summed E-state index contributed by atoms with van der Waals surface area (Å²) in [6, 6.07) is 0. The molecule has 1 N–H and O–H groups in total. The van der Waals surface area contributed by atoms with Gasteiger partial charge >= 0.3 is 29.6 Å². The van der Waals surface area contributed by atoms with Crippen LogP contribution < -0.4 is 40.0 Å². The van der Waals surface area contributed by atoms with Crippen LogP contribution in [0.25, 0.3) is 0 Å². The number of carboxylic acid groups (broad SMARTS) is 1. The largest absolute Gasteiger partial charge is 1.00 e. The SMILES string of the molecule is C/C(C(=O)[O-])=C(\C)C1=NC(C)(C(C)C)C(=S)N1.[Na+]. The van der Waals surface area contributed by atoms with Gasteiger partial charge < -0.3 is 15.2 Å². The number of carbonyl (C=O) groups is 1. The summed E-state index contributed by atoms with van der Waals surface area (Å²) in [4.78, 5) is 15.9. The predicted octanol–water partition coefficient (Wildman–Crippen LogP) is -2.18. The molecule has 0 radical (unpaired) electrons. The van der Waals surface area contributed by atoms with Crippen molar-refractivity contribution in [2.24, 2.45) is 10.9 Å². The van der Waals surface area contributed by atoms with Gasteiger partial charge in [0.1, 0.15) is 16.4 Å². The Bertz CT molecular complexity index is 443. The Hall–Kier alpha value is -0.230. The van der Waals surface area contributed by atoms with Crippen molar-refractivity contribution in [2.75, 3.05) is 0 Å². The predicted molar refractivity (Wildman–Crippen MR) is 69.8 cm³/mol. The fourth-order valence-electron chi connectivity index (χ4n) is 1.44. The maximum atomic E-state index is 10.8. The molecule has 94 valence electrons. The number of aliphatic imine (C=N–C) groups is 1. The van der Waals surface area contributed by atoms with Crippen LogP contribution in [0.4, 0.5) is 0 Å². The Labute approximate surface area is 135 Å². The molecule has 1 aliphatic heterocycles. The van der Waals surface area contributed by atoms with Crippen molar-refractivity contribution in [1.29, 1.82) is 0 Å². The van der Waals surface area contributed by atoms with E-state index in [4.69, 9.17) is 12.2 Å². The first kappa shape index (κ1) is 17.8. The molecule has 0 saturated carbocycles. The molecule has 0 saturated heterocycles. The van der Waals surface area contributed by atoms with E-state index >= 15 is 0 Å². The summed E-state index contributed by atoms with van der Waals surface area (Å²) in [5.41, 5.74) is 0.279. The molecule has 0 spiro atoms. The molecule has 18 heavy (non-hydrogen) atoms. The van der Waals surface area contributed by atoms with E-state index in [1.54, 1.807) is 6.92 Å². The number of carbonyl (C=O) groups excluding carboxylic acids is 1. The Morgan fingerprint density at radius 1 is 1.44 bits per heavy atom.